The van der Waals surface area contributed by atoms with Gasteiger partial charge in [-0.25, -0.2) is 8.42 Å². The summed E-state index contributed by atoms with van der Waals surface area (Å²) in [6, 6.07) is 14.4. The second-order valence-corrected chi connectivity index (χ2v) is 8.17. The maximum Gasteiger partial charge on any atom is 0.232 e. The number of anilines is 1. The molecule has 0 fully saturated rings. The Balaban J connectivity index is 1.96. The summed E-state index contributed by atoms with van der Waals surface area (Å²) in [5.74, 6) is -0.212. The first-order valence-electron chi connectivity index (χ1n) is 7.81. The van der Waals surface area contributed by atoms with Gasteiger partial charge in [-0.05, 0) is 30.7 Å². The van der Waals surface area contributed by atoms with Crippen LogP contribution < -0.4 is 9.62 Å². The van der Waals surface area contributed by atoms with Crippen LogP contribution in [0, 0.1) is 6.92 Å². The lowest BCUT2D eigenvalue weighted by Crippen LogP contribution is -2.34. The molecule has 2 aromatic carbocycles. The normalized spacial score (nSPS) is 11.2. The predicted molar refractivity (Wildman–Crippen MR) is 101 cm³/mol. The molecular weight excluding hydrogens is 360 g/mol. The van der Waals surface area contributed by atoms with Crippen LogP contribution in [0.5, 0.6) is 0 Å². The zero-order chi connectivity index (χ0) is 18.4. The highest BCUT2D eigenvalue weighted by Gasteiger charge is 2.18. The van der Waals surface area contributed by atoms with Gasteiger partial charge >= 0.3 is 0 Å². The second-order valence-electron chi connectivity index (χ2n) is 5.83. The number of benzene rings is 2. The third-order valence-electron chi connectivity index (χ3n) is 3.65. The monoisotopic (exact) mass is 380 g/mol. The van der Waals surface area contributed by atoms with Crippen LogP contribution in [0.25, 0.3) is 0 Å². The van der Waals surface area contributed by atoms with Crippen LogP contribution in [0.4, 0.5) is 5.69 Å². The highest BCUT2D eigenvalue weighted by molar-refractivity contribution is 7.92. The molecule has 2 rings (SSSR count). The van der Waals surface area contributed by atoms with Crippen molar-refractivity contribution in [1.29, 1.82) is 0 Å². The predicted octanol–water partition coefficient (Wildman–Crippen LogP) is 3.12. The van der Waals surface area contributed by atoms with Crippen molar-refractivity contribution in [1.82, 2.24) is 5.32 Å². The largest absolute Gasteiger partial charge is 0.352 e. The van der Waals surface area contributed by atoms with Crippen molar-refractivity contribution in [2.24, 2.45) is 0 Å². The molecule has 0 saturated heterocycles. The molecule has 0 bridgehead atoms. The molecule has 0 radical (unpaired) electrons. The lowest BCUT2D eigenvalue weighted by Gasteiger charge is -2.22. The quantitative estimate of drug-likeness (QED) is 0.802. The molecule has 0 aliphatic heterocycles. The van der Waals surface area contributed by atoms with Crippen molar-refractivity contribution < 1.29 is 13.2 Å². The molecule has 2 aromatic rings. The molecule has 0 atom stereocenters. The Morgan fingerprint density at radius 2 is 1.84 bits per heavy atom. The van der Waals surface area contributed by atoms with E-state index in [0.29, 0.717) is 17.3 Å². The fourth-order valence-electron chi connectivity index (χ4n) is 2.32. The molecule has 0 aliphatic carbocycles. The van der Waals surface area contributed by atoms with E-state index in [1.807, 2.05) is 31.2 Å². The fourth-order valence-corrected chi connectivity index (χ4v) is 3.42. The Hall–Kier alpha value is -2.05. The van der Waals surface area contributed by atoms with Gasteiger partial charge in [-0.15, -0.1) is 0 Å². The summed E-state index contributed by atoms with van der Waals surface area (Å²) >= 11 is 5.93. The molecule has 25 heavy (non-hydrogen) atoms. The van der Waals surface area contributed by atoms with Crippen LogP contribution in [-0.2, 0) is 21.4 Å². The average Bonchev–Trinajstić information content (AvgIpc) is 2.53. The summed E-state index contributed by atoms with van der Waals surface area (Å²) in [7, 11) is -3.51. The Morgan fingerprint density at radius 3 is 2.44 bits per heavy atom. The Kier molecular flexibility index (Phi) is 6.45. The van der Waals surface area contributed by atoms with Gasteiger partial charge in [-0.3, -0.25) is 9.10 Å². The topological polar surface area (TPSA) is 66.5 Å². The van der Waals surface area contributed by atoms with E-state index in [1.54, 1.807) is 24.3 Å². The number of amides is 1. The fraction of sp³-hybridized carbons (Fsp3) is 0.278. The number of aryl methyl sites for hydroxylation is 1. The van der Waals surface area contributed by atoms with E-state index in [4.69, 9.17) is 11.6 Å². The van der Waals surface area contributed by atoms with Crippen molar-refractivity contribution in [3.8, 4) is 0 Å². The Bertz CT molecular complexity index is 836. The first kappa shape index (κ1) is 19.3. The number of hydrogen-bond donors (Lipinski definition) is 1. The number of rotatable bonds is 7. The second kappa shape index (κ2) is 8.36. The molecule has 1 amide bonds. The number of hydrogen-bond acceptors (Lipinski definition) is 3. The maximum atomic E-state index is 12.1. The van der Waals surface area contributed by atoms with E-state index < -0.39 is 10.0 Å². The van der Waals surface area contributed by atoms with Gasteiger partial charge in [-0.1, -0.05) is 47.5 Å². The molecule has 0 spiro atoms. The number of halogens is 1. The van der Waals surface area contributed by atoms with Crippen LogP contribution in [0.1, 0.15) is 17.5 Å². The molecule has 0 aromatic heterocycles. The first-order chi connectivity index (χ1) is 11.8. The number of nitrogens with zero attached hydrogens (tertiary/aromatic N) is 1. The molecule has 0 heterocycles. The number of carbonyl (C=O) groups excluding carboxylic acids is 1. The van der Waals surface area contributed by atoms with Crippen LogP contribution >= 0.6 is 11.6 Å². The standard InChI is InChI=1S/C18H21ClN2O3S/c1-14-6-8-15(9-7-14)13-20-18(22)10-11-21(25(2,23)24)17-5-3-4-16(19)12-17/h3-9,12H,10-11,13H2,1-2H3,(H,20,22). The van der Waals surface area contributed by atoms with Crippen molar-refractivity contribution in [2.45, 2.75) is 19.9 Å². The molecule has 134 valence electrons. The van der Waals surface area contributed by atoms with Crippen LogP contribution in [0.15, 0.2) is 48.5 Å². The zero-order valence-corrected chi connectivity index (χ0v) is 15.8. The van der Waals surface area contributed by atoms with Crippen LogP contribution in [0.3, 0.4) is 0 Å². The van der Waals surface area contributed by atoms with Crippen LogP contribution in [-0.4, -0.2) is 27.1 Å². The molecule has 7 heteroatoms. The van der Waals surface area contributed by atoms with Gasteiger partial charge in [-0.2, -0.15) is 0 Å². The van der Waals surface area contributed by atoms with Gasteiger partial charge in [0.15, 0.2) is 0 Å². The van der Waals surface area contributed by atoms with Crippen molar-refractivity contribution in [3.05, 3.63) is 64.7 Å². The SMILES string of the molecule is Cc1ccc(CNC(=O)CCN(c2cccc(Cl)c2)S(C)(=O)=O)cc1. The summed E-state index contributed by atoms with van der Waals surface area (Å²) in [6.07, 6.45) is 1.17. The summed E-state index contributed by atoms with van der Waals surface area (Å²) in [5.41, 5.74) is 2.59. The Labute approximate surface area is 153 Å². The van der Waals surface area contributed by atoms with Gasteiger partial charge in [0.05, 0.1) is 11.9 Å². The summed E-state index contributed by atoms with van der Waals surface area (Å²) < 4.78 is 25.2. The van der Waals surface area contributed by atoms with E-state index >= 15 is 0 Å². The van der Waals surface area contributed by atoms with Gasteiger partial charge in [0.1, 0.15) is 0 Å². The molecule has 0 aliphatic rings. The third-order valence-corrected chi connectivity index (χ3v) is 5.08. The Morgan fingerprint density at radius 1 is 1.16 bits per heavy atom. The van der Waals surface area contributed by atoms with Crippen LogP contribution in [0.2, 0.25) is 5.02 Å². The van der Waals surface area contributed by atoms with E-state index in [-0.39, 0.29) is 18.9 Å². The molecule has 1 N–H and O–H groups in total. The van der Waals surface area contributed by atoms with Crippen molar-refractivity contribution in [2.75, 3.05) is 17.1 Å². The minimum Gasteiger partial charge on any atom is -0.352 e. The van der Waals surface area contributed by atoms with Gasteiger partial charge < -0.3 is 5.32 Å². The molecular formula is C18H21ClN2O3S. The lowest BCUT2D eigenvalue weighted by atomic mass is 10.1. The smallest absolute Gasteiger partial charge is 0.232 e. The number of carbonyl (C=O) groups is 1. The van der Waals surface area contributed by atoms with Crippen molar-refractivity contribution >= 4 is 33.2 Å². The van der Waals surface area contributed by atoms with E-state index in [1.165, 1.54) is 4.31 Å². The summed E-state index contributed by atoms with van der Waals surface area (Å²) in [6.45, 7) is 2.46. The van der Waals surface area contributed by atoms with Gasteiger partial charge in [0.25, 0.3) is 0 Å². The van der Waals surface area contributed by atoms with Gasteiger partial charge in [0.2, 0.25) is 15.9 Å². The maximum absolute atomic E-state index is 12.1. The number of nitrogens with one attached hydrogen (secondary N) is 1. The highest BCUT2D eigenvalue weighted by atomic mass is 35.5. The van der Waals surface area contributed by atoms with E-state index in [0.717, 1.165) is 17.4 Å². The lowest BCUT2D eigenvalue weighted by molar-refractivity contribution is -0.121. The minimum atomic E-state index is -3.51. The van der Waals surface area contributed by atoms with E-state index in [2.05, 4.69) is 5.32 Å². The summed E-state index contributed by atoms with van der Waals surface area (Å²) in [4.78, 5) is 12.1. The molecule has 0 saturated carbocycles. The third kappa shape index (κ3) is 6.07. The van der Waals surface area contributed by atoms with Crippen molar-refractivity contribution in [3.63, 3.8) is 0 Å². The van der Waals surface area contributed by atoms with E-state index in [9.17, 15) is 13.2 Å². The number of sulfonamides is 1. The first-order valence-corrected chi connectivity index (χ1v) is 10.0. The average molecular weight is 381 g/mol. The summed E-state index contributed by atoms with van der Waals surface area (Å²) in [5, 5.41) is 3.24. The minimum absolute atomic E-state index is 0.0545. The molecule has 5 nitrogen and oxygen atoms in total. The van der Waals surface area contributed by atoms with Gasteiger partial charge in [0, 0.05) is 24.5 Å². The molecule has 0 unspecified atom stereocenters. The zero-order valence-electron chi connectivity index (χ0n) is 14.2. The highest BCUT2D eigenvalue weighted by Crippen LogP contribution is 2.21.